The number of aldehydes is 1. The summed E-state index contributed by atoms with van der Waals surface area (Å²) in [6.45, 7) is 6.12. The number of nitrogens with two attached hydrogens (primary N) is 1. The largest absolute Gasteiger partial charge is 0.376 e. The lowest BCUT2D eigenvalue weighted by atomic mass is 9.99. The Morgan fingerprint density at radius 1 is 0.955 bits per heavy atom. The molecule has 0 saturated carbocycles. The van der Waals surface area contributed by atoms with Gasteiger partial charge < -0.3 is 31.4 Å². The molecule has 19 heteroatoms. The summed E-state index contributed by atoms with van der Waals surface area (Å²) in [5, 5.41) is 22.6. The number of hydrogen-bond donors (Lipinski definition) is 5. The molecule has 1 amide bonds. The van der Waals surface area contributed by atoms with E-state index in [0.29, 0.717) is 40.9 Å². The van der Waals surface area contributed by atoms with Gasteiger partial charge in [0.2, 0.25) is 5.91 Å². The van der Waals surface area contributed by atoms with Gasteiger partial charge in [0.05, 0.1) is 27.4 Å². The molecule has 0 bridgehead atoms. The highest BCUT2D eigenvalue weighted by Gasteiger charge is 2.26. The van der Waals surface area contributed by atoms with Gasteiger partial charge in [0.25, 0.3) is 15.7 Å². The zero-order chi connectivity index (χ0) is 46.6. The second-order valence-electron chi connectivity index (χ2n) is 15.9. The number of anilines is 3. The molecule has 1 aliphatic heterocycles. The maximum atomic E-state index is 13.9. The Bertz CT molecular complexity index is 2740. The van der Waals surface area contributed by atoms with Gasteiger partial charge in [-0.15, -0.1) is 11.8 Å². The number of carbonyl (C=O) groups is 2. The fourth-order valence-electron chi connectivity index (χ4n) is 7.55. The van der Waals surface area contributed by atoms with E-state index in [0.717, 1.165) is 54.9 Å². The van der Waals surface area contributed by atoms with Crippen LogP contribution < -0.4 is 31.3 Å². The fraction of sp³-hybridized carbons (Fsp3) is 0.277. The Balaban J connectivity index is 1.00. The van der Waals surface area contributed by atoms with Crippen LogP contribution >= 0.6 is 23.4 Å². The van der Waals surface area contributed by atoms with E-state index < -0.39 is 38.6 Å². The summed E-state index contributed by atoms with van der Waals surface area (Å²) in [6, 6.07) is 33.4. The van der Waals surface area contributed by atoms with E-state index >= 15 is 0 Å². The standard InChI is InChI=1S/C47H51ClN10O6S2/c1-32(49)47(60)54-37(29-59)27-50-20-19-36(30-65-39-8-3-2-4-9-39)53-43-18-16-40(26-45(43)58(61)62)66(63,64)55-46-42-17-15-38(25-44(42)51-31-52-46)57-23-21-56(22-24-57)28-34-7-5-6-10-41(34)33-11-13-35(48)14-12-33/h2-18,25-26,29,31-32,36-37,50,53H,19-24,27-28,30,49H2,1H3,(H,54,60)(H,51,52,55)/t32-,36+,37-/m0/s1. The van der Waals surface area contributed by atoms with Crippen molar-refractivity contribution < 1.29 is 22.9 Å². The van der Waals surface area contributed by atoms with Gasteiger partial charge in [0.1, 0.15) is 18.3 Å². The van der Waals surface area contributed by atoms with Gasteiger partial charge in [-0.1, -0.05) is 66.2 Å². The van der Waals surface area contributed by atoms with Crippen molar-refractivity contribution in [3.05, 3.63) is 142 Å². The number of aromatic nitrogens is 2. The van der Waals surface area contributed by atoms with Crippen molar-refractivity contribution in [2.24, 2.45) is 5.73 Å². The smallest absolute Gasteiger partial charge is 0.293 e. The van der Waals surface area contributed by atoms with Crippen LogP contribution in [0.2, 0.25) is 5.02 Å². The van der Waals surface area contributed by atoms with E-state index in [-0.39, 0.29) is 29.0 Å². The predicted octanol–water partition coefficient (Wildman–Crippen LogP) is 6.56. The normalized spacial score (nSPS) is 14.6. The molecule has 1 aliphatic rings. The number of fused-ring (bicyclic) bond motifs is 1. The molecule has 0 unspecified atom stereocenters. The van der Waals surface area contributed by atoms with E-state index in [9.17, 15) is 28.1 Å². The lowest BCUT2D eigenvalue weighted by Crippen LogP contribution is -2.48. The number of amides is 1. The Labute approximate surface area is 392 Å². The highest BCUT2D eigenvalue weighted by atomic mass is 35.5. The highest BCUT2D eigenvalue weighted by molar-refractivity contribution is 7.99. The molecule has 16 nitrogen and oxygen atoms in total. The predicted molar refractivity (Wildman–Crippen MR) is 262 cm³/mol. The second-order valence-corrected chi connectivity index (χ2v) is 19.1. The van der Waals surface area contributed by atoms with E-state index in [1.807, 2.05) is 72.8 Å². The van der Waals surface area contributed by atoms with Gasteiger partial charge in [0, 0.05) is 78.1 Å². The molecule has 0 aliphatic carbocycles. The molecular formula is C47H51ClN10O6S2. The highest BCUT2D eigenvalue weighted by Crippen LogP contribution is 2.33. The van der Waals surface area contributed by atoms with Gasteiger partial charge in [-0.2, -0.15) is 0 Å². The third kappa shape index (κ3) is 12.6. The number of piperazine rings is 1. The first-order chi connectivity index (χ1) is 31.9. The fourth-order valence-corrected chi connectivity index (χ4v) is 9.72. The average molecular weight is 952 g/mol. The third-order valence-electron chi connectivity index (χ3n) is 11.1. The van der Waals surface area contributed by atoms with Gasteiger partial charge in [-0.25, -0.2) is 18.4 Å². The molecule has 1 saturated heterocycles. The van der Waals surface area contributed by atoms with E-state index in [1.165, 1.54) is 36.5 Å². The summed E-state index contributed by atoms with van der Waals surface area (Å²) in [5.74, 6) is 0.0916. The molecule has 6 N–H and O–H groups in total. The Hall–Kier alpha value is -6.15. The lowest BCUT2D eigenvalue weighted by molar-refractivity contribution is -0.384. The molecule has 66 heavy (non-hydrogen) atoms. The number of rotatable bonds is 21. The van der Waals surface area contributed by atoms with Crippen LogP contribution in [0.1, 0.15) is 18.9 Å². The molecule has 2 heterocycles. The molecule has 344 valence electrons. The van der Waals surface area contributed by atoms with Gasteiger partial charge >= 0.3 is 0 Å². The minimum absolute atomic E-state index is 0.0417. The summed E-state index contributed by atoms with van der Waals surface area (Å²) in [6.07, 6.45) is 2.37. The molecule has 5 aromatic carbocycles. The van der Waals surface area contributed by atoms with Crippen LogP contribution in [-0.4, -0.2) is 104 Å². The van der Waals surface area contributed by atoms with Crippen LogP contribution in [-0.2, 0) is 26.2 Å². The van der Waals surface area contributed by atoms with Crippen molar-refractivity contribution in [2.45, 2.75) is 47.8 Å². The number of carbonyl (C=O) groups excluding carboxylic acids is 2. The Morgan fingerprint density at radius 2 is 1.70 bits per heavy atom. The Kier molecular flexibility index (Phi) is 16.2. The average Bonchev–Trinajstić information content (AvgIpc) is 3.32. The molecule has 6 aromatic rings. The number of sulfonamides is 1. The minimum Gasteiger partial charge on any atom is -0.376 e. The van der Waals surface area contributed by atoms with Crippen LogP contribution in [0.3, 0.4) is 0 Å². The Morgan fingerprint density at radius 3 is 2.42 bits per heavy atom. The van der Waals surface area contributed by atoms with E-state index in [2.05, 4.69) is 58.6 Å². The number of nitro groups is 1. The maximum absolute atomic E-state index is 13.9. The zero-order valence-corrected chi connectivity index (χ0v) is 38.6. The summed E-state index contributed by atoms with van der Waals surface area (Å²) in [5.41, 5.74) is 10.3. The minimum atomic E-state index is -4.35. The molecule has 7 rings (SSSR count). The van der Waals surface area contributed by atoms with Crippen molar-refractivity contribution >= 4 is 79.4 Å². The molecule has 1 fully saturated rings. The molecule has 1 aromatic heterocycles. The number of thioether (sulfide) groups is 1. The van der Waals surface area contributed by atoms with Crippen LogP contribution in [0, 0.1) is 10.1 Å². The number of benzene rings is 5. The van der Waals surface area contributed by atoms with Gasteiger partial charge in [-0.3, -0.25) is 24.5 Å². The maximum Gasteiger partial charge on any atom is 0.293 e. The molecule has 3 atom stereocenters. The quantitative estimate of drug-likeness (QED) is 0.0170. The van der Waals surface area contributed by atoms with Crippen molar-refractivity contribution in [3.8, 4) is 11.1 Å². The van der Waals surface area contributed by atoms with Crippen LogP contribution in [0.15, 0.2) is 131 Å². The second kappa shape index (κ2) is 22.4. The molecular weight excluding hydrogens is 900 g/mol. The van der Waals surface area contributed by atoms with Crippen molar-refractivity contribution in [3.63, 3.8) is 0 Å². The van der Waals surface area contributed by atoms with E-state index in [1.54, 1.807) is 17.8 Å². The zero-order valence-electron chi connectivity index (χ0n) is 36.2. The van der Waals surface area contributed by atoms with Crippen molar-refractivity contribution in [1.82, 2.24) is 25.5 Å². The molecule has 0 spiro atoms. The van der Waals surface area contributed by atoms with Crippen LogP contribution in [0.25, 0.3) is 22.0 Å². The van der Waals surface area contributed by atoms with Crippen LogP contribution in [0.5, 0.6) is 0 Å². The monoisotopic (exact) mass is 950 g/mol. The first-order valence-corrected chi connectivity index (χ1v) is 24.2. The topological polar surface area (TPSA) is 218 Å². The van der Waals surface area contributed by atoms with Crippen molar-refractivity contribution in [2.75, 3.05) is 60.0 Å². The number of nitrogens with zero attached hydrogens (tertiary/aromatic N) is 5. The number of nitro benzene ring substituents is 1. The number of nitrogens with one attached hydrogen (secondary N) is 4. The summed E-state index contributed by atoms with van der Waals surface area (Å²) in [7, 11) is -4.35. The van der Waals surface area contributed by atoms with E-state index in [4.69, 9.17) is 17.3 Å². The SMILES string of the molecule is C[C@H](N)C(=O)N[C@H](C=O)CNCC[C@H](CSc1ccccc1)Nc1ccc(S(=O)(=O)Nc2ncnc3cc(N4CCN(Cc5ccccc5-c5ccc(Cl)cc5)CC4)ccc23)cc1[N+](=O)[O-]. The van der Waals surface area contributed by atoms with Gasteiger partial charge in [-0.05, 0) is 91.2 Å². The van der Waals surface area contributed by atoms with Crippen LogP contribution in [0.4, 0.5) is 22.9 Å². The van der Waals surface area contributed by atoms with Crippen molar-refractivity contribution in [1.29, 1.82) is 0 Å². The van der Waals surface area contributed by atoms with Gasteiger partial charge in [0.15, 0.2) is 5.82 Å². The summed E-state index contributed by atoms with van der Waals surface area (Å²) >= 11 is 7.69. The summed E-state index contributed by atoms with van der Waals surface area (Å²) in [4.78, 5) is 49.5. The lowest BCUT2D eigenvalue weighted by Gasteiger charge is -2.36. The first-order valence-electron chi connectivity index (χ1n) is 21.4. The first kappa shape index (κ1) is 47.8. The number of hydrogen-bond acceptors (Lipinski definition) is 14. The summed E-state index contributed by atoms with van der Waals surface area (Å²) < 4.78 is 30.3. The molecule has 0 radical (unpaired) electrons. The number of halogens is 1. The third-order valence-corrected chi connectivity index (χ3v) is 13.9.